The molecule has 0 bridgehead atoms. The molecular formula is C11H12N3S+. The second-order valence-electron chi connectivity index (χ2n) is 3.19. The summed E-state index contributed by atoms with van der Waals surface area (Å²) in [6.07, 6.45) is 0. The minimum atomic E-state index is 0.380. The summed E-state index contributed by atoms with van der Waals surface area (Å²) in [7, 11) is 0. The fourth-order valence-corrected chi connectivity index (χ4v) is 1.82. The number of para-hydroxylation sites is 1. The number of rotatable bonds is 2. The van der Waals surface area contributed by atoms with Crippen molar-refractivity contribution in [2.24, 2.45) is 5.73 Å². The lowest BCUT2D eigenvalue weighted by atomic mass is 10.2. The Labute approximate surface area is 92.2 Å². The molecule has 2 aromatic rings. The SMILES string of the molecule is NC(=[NH2+])SCc1ccc2ccccc2n1. The first kappa shape index (κ1) is 9.98. The maximum absolute atomic E-state index is 5.38. The smallest absolute Gasteiger partial charge is 0.282 e. The van der Waals surface area contributed by atoms with Gasteiger partial charge in [0.05, 0.1) is 11.2 Å². The lowest BCUT2D eigenvalue weighted by molar-refractivity contribution is -0.110. The zero-order valence-corrected chi connectivity index (χ0v) is 9.00. The molecular weight excluding hydrogens is 206 g/mol. The van der Waals surface area contributed by atoms with E-state index in [1.807, 2.05) is 30.3 Å². The van der Waals surface area contributed by atoms with Gasteiger partial charge >= 0.3 is 0 Å². The highest BCUT2D eigenvalue weighted by Crippen LogP contribution is 2.14. The molecule has 0 saturated heterocycles. The van der Waals surface area contributed by atoms with E-state index in [0.717, 1.165) is 16.6 Å². The number of aromatic nitrogens is 1. The Morgan fingerprint density at radius 1 is 1.27 bits per heavy atom. The van der Waals surface area contributed by atoms with E-state index < -0.39 is 0 Å². The third kappa shape index (κ3) is 2.47. The van der Waals surface area contributed by atoms with Crippen LogP contribution < -0.4 is 11.1 Å². The minimum Gasteiger partial charge on any atom is -0.282 e. The van der Waals surface area contributed by atoms with Crippen molar-refractivity contribution in [2.75, 3.05) is 0 Å². The van der Waals surface area contributed by atoms with Crippen LogP contribution in [-0.4, -0.2) is 10.2 Å². The van der Waals surface area contributed by atoms with Crippen LogP contribution in [0.1, 0.15) is 5.69 Å². The summed E-state index contributed by atoms with van der Waals surface area (Å²) >= 11 is 1.40. The van der Waals surface area contributed by atoms with Crippen molar-refractivity contribution in [1.29, 1.82) is 0 Å². The minimum absolute atomic E-state index is 0.380. The predicted molar refractivity (Wildman–Crippen MR) is 64.2 cm³/mol. The van der Waals surface area contributed by atoms with Crippen molar-refractivity contribution in [3.05, 3.63) is 42.1 Å². The fourth-order valence-electron chi connectivity index (χ4n) is 1.35. The molecule has 0 saturated carbocycles. The van der Waals surface area contributed by atoms with Crippen LogP contribution in [0.2, 0.25) is 0 Å². The molecule has 76 valence electrons. The first-order valence-electron chi connectivity index (χ1n) is 4.61. The standard InChI is InChI=1S/C11H11N3S/c12-11(13)15-7-9-6-5-8-3-1-2-4-10(8)14-9/h1-6H,7H2,(H3,12,13)/p+1. The summed E-state index contributed by atoms with van der Waals surface area (Å²) in [6, 6.07) is 12.1. The molecule has 15 heavy (non-hydrogen) atoms. The number of fused-ring (bicyclic) bond motifs is 1. The number of hydrogen-bond acceptors (Lipinski definition) is 2. The molecule has 4 N–H and O–H groups in total. The molecule has 0 spiro atoms. The van der Waals surface area contributed by atoms with E-state index in [1.54, 1.807) is 0 Å². The molecule has 0 aliphatic carbocycles. The van der Waals surface area contributed by atoms with E-state index in [0.29, 0.717) is 10.9 Å². The molecule has 3 nitrogen and oxygen atoms in total. The van der Waals surface area contributed by atoms with Gasteiger partial charge in [0, 0.05) is 11.1 Å². The molecule has 0 aliphatic heterocycles. The topological polar surface area (TPSA) is 64.5 Å². The van der Waals surface area contributed by atoms with Gasteiger partial charge in [-0.25, -0.2) is 0 Å². The van der Waals surface area contributed by atoms with Crippen LogP contribution in [0.5, 0.6) is 0 Å². The van der Waals surface area contributed by atoms with Gasteiger partial charge in [-0.3, -0.25) is 16.1 Å². The Kier molecular flexibility index (Phi) is 2.87. The highest BCUT2D eigenvalue weighted by molar-refractivity contribution is 8.12. The van der Waals surface area contributed by atoms with Crippen molar-refractivity contribution < 1.29 is 5.41 Å². The number of thioether (sulfide) groups is 1. The summed E-state index contributed by atoms with van der Waals surface area (Å²) in [5.41, 5.74) is 7.38. The van der Waals surface area contributed by atoms with Crippen LogP contribution >= 0.6 is 11.8 Å². The van der Waals surface area contributed by atoms with Crippen LogP contribution in [-0.2, 0) is 5.75 Å². The van der Waals surface area contributed by atoms with Crippen LogP contribution in [0.15, 0.2) is 36.4 Å². The fraction of sp³-hybridized carbons (Fsp3) is 0.0909. The van der Waals surface area contributed by atoms with Crippen molar-refractivity contribution in [1.82, 2.24) is 4.98 Å². The monoisotopic (exact) mass is 218 g/mol. The Hall–Kier alpha value is -1.55. The number of amidine groups is 1. The van der Waals surface area contributed by atoms with E-state index in [9.17, 15) is 0 Å². The van der Waals surface area contributed by atoms with Crippen molar-refractivity contribution in [3.8, 4) is 0 Å². The Morgan fingerprint density at radius 2 is 2.07 bits per heavy atom. The van der Waals surface area contributed by atoms with Gasteiger partial charge in [-0.1, -0.05) is 24.3 Å². The molecule has 1 aromatic carbocycles. The second-order valence-corrected chi connectivity index (χ2v) is 4.24. The van der Waals surface area contributed by atoms with Gasteiger partial charge in [-0.2, -0.15) is 0 Å². The van der Waals surface area contributed by atoms with E-state index in [4.69, 9.17) is 11.1 Å². The zero-order chi connectivity index (χ0) is 10.7. The molecule has 1 aromatic heterocycles. The third-order valence-electron chi connectivity index (χ3n) is 2.04. The van der Waals surface area contributed by atoms with E-state index >= 15 is 0 Å². The van der Waals surface area contributed by atoms with Gasteiger partial charge in [-0.05, 0) is 23.9 Å². The Balaban J connectivity index is 2.26. The van der Waals surface area contributed by atoms with Gasteiger partial charge in [-0.15, -0.1) is 0 Å². The molecule has 0 unspecified atom stereocenters. The first-order valence-corrected chi connectivity index (χ1v) is 5.59. The van der Waals surface area contributed by atoms with Crippen LogP contribution in [0, 0.1) is 0 Å². The normalized spacial score (nSPS) is 10.4. The van der Waals surface area contributed by atoms with Gasteiger partial charge in [0.15, 0.2) is 0 Å². The summed E-state index contributed by atoms with van der Waals surface area (Å²) in [4.78, 5) is 4.50. The van der Waals surface area contributed by atoms with Gasteiger partial charge < -0.3 is 0 Å². The quantitative estimate of drug-likeness (QED) is 0.571. The lowest BCUT2D eigenvalue weighted by Crippen LogP contribution is -2.43. The highest BCUT2D eigenvalue weighted by Gasteiger charge is 2.01. The molecule has 0 radical (unpaired) electrons. The molecule has 2 rings (SSSR count). The summed E-state index contributed by atoms with van der Waals surface area (Å²) in [5, 5.41) is 6.91. The van der Waals surface area contributed by atoms with Crippen LogP contribution in [0.3, 0.4) is 0 Å². The zero-order valence-electron chi connectivity index (χ0n) is 8.18. The van der Waals surface area contributed by atoms with Crippen LogP contribution in [0.4, 0.5) is 0 Å². The number of hydrogen-bond donors (Lipinski definition) is 2. The maximum Gasteiger partial charge on any atom is 0.300 e. The first-order chi connectivity index (χ1) is 7.25. The van der Waals surface area contributed by atoms with Gasteiger partial charge in [0.1, 0.15) is 0 Å². The average Bonchev–Trinajstić information content (AvgIpc) is 2.26. The van der Waals surface area contributed by atoms with E-state index in [1.165, 1.54) is 11.8 Å². The number of nitrogens with zero attached hydrogens (tertiary/aromatic N) is 1. The summed E-state index contributed by atoms with van der Waals surface area (Å²) in [6.45, 7) is 0. The maximum atomic E-state index is 5.38. The summed E-state index contributed by atoms with van der Waals surface area (Å²) in [5.74, 6) is 0.715. The lowest BCUT2D eigenvalue weighted by Gasteiger charge is -2.00. The summed E-state index contributed by atoms with van der Waals surface area (Å²) < 4.78 is 0. The third-order valence-corrected chi connectivity index (χ3v) is 2.82. The Morgan fingerprint density at radius 3 is 2.87 bits per heavy atom. The molecule has 0 atom stereocenters. The van der Waals surface area contributed by atoms with Gasteiger partial charge in [0.2, 0.25) is 0 Å². The predicted octanol–water partition coefficient (Wildman–Crippen LogP) is 0.542. The molecule has 0 amide bonds. The van der Waals surface area contributed by atoms with E-state index in [2.05, 4.69) is 11.1 Å². The van der Waals surface area contributed by atoms with Crippen LogP contribution in [0.25, 0.3) is 10.9 Å². The number of pyridine rings is 1. The molecule has 0 aliphatic rings. The highest BCUT2D eigenvalue weighted by atomic mass is 32.2. The van der Waals surface area contributed by atoms with Gasteiger partial charge in [0.25, 0.3) is 5.17 Å². The van der Waals surface area contributed by atoms with E-state index in [-0.39, 0.29) is 0 Å². The molecule has 0 fully saturated rings. The second kappa shape index (κ2) is 4.31. The van der Waals surface area contributed by atoms with Crippen molar-refractivity contribution >= 4 is 27.8 Å². The van der Waals surface area contributed by atoms with Crippen molar-refractivity contribution in [2.45, 2.75) is 5.75 Å². The largest absolute Gasteiger partial charge is 0.300 e. The van der Waals surface area contributed by atoms with Crippen molar-refractivity contribution in [3.63, 3.8) is 0 Å². The Bertz CT molecular complexity index is 496. The molecule has 4 heteroatoms. The number of benzene rings is 1. The number of nitrogens with two attached hydrogens (primary N) is 2. The average molecular weight is 218 g/mol. The molecule has 1 heterocycles.